The van der Waals surface area contributed by atoms with Crippen molar-refractivity contribution in [2.45, 2.75) is 52.2 Å². The molecule has 1 aliphatic rings. The summed E-state index contributed by atoms with van der Waals surface area (Å²) in [6.45, 7) is 7.29. The fraction of sp³-hybridized carbons (Fsp3) is 0.455. The lowest BCUT2D eigenvalue weighted by Gasteiger charge is -2.28. The summed E-state index contributed by atoms with van der Waals surface area (Å²) in [4.78, 5) is 50.6. The number of carboxylic acids is 1. The molecule has 1 amide bonds. The standard InChI is InChI=1S/C22H27NO7/c1-5-29-20(27)16(13-14-8-10-15(11-9-14)19(25)26)18(24)17-7-6-12-23(17)21(28)30-22(2,3)4/h8-11,13,17H,5-7,12H2,1-4H3,(H,25,26)/b16-13-. The summed E-state index contributed by atoms with van der Waals surface area (Å²) >= 11 is 0. The molecule has 1 fully saturated rings. The Bertz CT molecular complexity index is 849. The number of esters is 1. The van der Waals surface area contributed by atoms with E-state index in [1.54, 1.807) is 27.7 Å². The number of ketones is 1. The SMILES string of the molecule is CCOC(=O)/C(=C\c1ccc(C(=O)O)cc1)C(=O)C1CCCN1C(=O)OC(C)(C)C. The quantitative estimate of drug-likeness (QED) is 0.327. The van der Waals surface area contributed by atoms with Crippen LogP contribution in [0.3, 0.4) is 0 Å². The van der Waals surface area contributed by atoms with Crippen LogP contribution in [0.25, 0.3) is 6.08 Å². The molecule has 8 nitrogen and oxygen atoms in total. The van der Waals surface area contributed by atoms with Crippen molar-refractivity contribution in [2.75, 3.05) is 13.2 Å². The molecule has 0 spiro atoms. The van der Waals surface area contributed by atoms with Crippen molar-refractivity contribution in [2.24, 2.45) is 0 Å². The van der Waals surface area contributed by atoms with Gasteiger partial charge in [0.1, 0.15) is 11.2 Å². The Kier molecular flexibility index (Phi) is 7.37. The number of hydrogen-bond donors (Lipinski definition) is 1. The Hall–Kier alpha value is -3.16. The van der Waals surface area contributed by atoms with Gasteiger partial charge in [0.15, 0.2) is 5.78 Å². The summed E-state index contributed by atoms with van der Waals surface area (Å²) in [5.41, 5.74) is -0.347. The van der Waals surface area contributed by atoms with Crippen molar-refractivity contribution in [3.8, 4) is 0 Å². The molecule has 0 aromatic heterocycles. The smallest absolute Gasteiger partial charge is 0.410 e. The van der Waals surface area contributed by atoms with Gasteiger partial charge in [0, 0.05) is 6.54 Å². The molecule has 0 saturated carbocycles. The highest BCUT2D eigenvalue weighted by Gasteiger charge is 2.39. The number of carbonyl (C=O) groups excluding carboxylic acids is 3. The van der Waals surface area contributed by atoms with Gasteiger partial charge in [-0.05, 0) is 64.3 Å². The van der Waals surface area contributed by atoms with Crippen LogP contribution < -0.4 is 0 Å². The number of aromatic carboxylic acids is 1. The van der Waals surface area contributed by atoms with Crippen LogP contribution in [0.5, 0.6) is 0 Å². The zero-order valence-electron chi connectivity index (χ0n) is 17.6. The maximum atomic E-state index is 13.2. The minimum absolute atomic E-state index is 0.0852. The van der Waals surface area contributed by atoms with E-state index in [-0.39, 0.29) is 17.7 Å². The van der Waals surface area contributed by atoms with Crippen molar-refractivity contribution < 1.29 is 33.8 Å². The van der Waals surface area contributed by atoms with E-state index in [1.807, 2.05) is 0 Å². The molecule has 1 saturated heterocycles. The third kappa shape index (κ3) is 5.92. The molecule has 1 atom stereocenters. The average Bonchev–Trinajstić information content (AvgIpc) is 3.15. The highest BCUT2D eigenvalue weighted by Crippen LogP contribution is 2.25. The predicted octanol–water partition coefficient (Wildman–Crippen LogP) is 3.30. The summed E-state index contributed by atoms with van der Waals surface area (Å²) in [5.74, 6) is -2.40. The first-order valence-corrected chi connectivity index (χ1v) is 9.79. The number of hydrogen-bond acceptors (Lipinski definition) is 6. The van der Waals surface area contributed by atoms with Gasteiger partial charge < -0.3 is 14.6 Å². The third-order valence-corrected chi connectivity index (χ3v) is 4.41. The number of benzene rings is 1. The normalized spacial score (nSPS) is 16.9. The number of nitrogens with zero attached hydrogens (tertiary/aromatic N) is 1. The van der Waals surface area contributed by atoms with Gasteiger partial charge in [0.2, 0.25) is 0 Å². The van der Waals surface area contributed by atoms with E-state index >= 15 is 0 Å². The van der Waals surface area contributed by atoms with Gasteiger partial charge in [0.25, 0.3) is 0 Å². The fourth-order valence-electron chi connectivity index (χ4n) is 3.09. The van der Waals surface area contributed by atoms with Gasteiger partial charge in [-0.2, -0.15) is 0 Å². The van der Waals surface area contributed by atoms with Crippen LogP contribution in [0.4, 0.5) is 4.79 Å². The number of ether oxygens (including phenoxy) is 2. The number of carbonyl (C=O) groups is 4. The Labute approximate surface area is 175 Å². The molecule has 0 radical (unpaired) electrons. The predicted molar refractivity (Wildman–Crippen MR) is 109 cm³/mol. The van der Waals surface area contributed by atoms with E-state index in [0.29, 0.717) is 24.9 Å². The summed E-state index contributed by atoms with van der Waals surface area (Å²) in [5, 5.41) is 9.02. The number of amides is 1. The van der Waals surface area contributed by atoms with E-state index in [2.05, 4.69) is 0 Å². The minimum Gasteiger partial charge on any atom is -0.478 e. The monoisotopic (exact) mass is 417 g/mol. The number of Topliss-reactive ketones (excluding diaryl/α,β-unsaturated/α-hetero) is 1. The van der Waals surface area contributed by atoms with Gasteiger partial charge in [-0.3, -0.25) is 9.69 Å². The molecule has 0 aliphatic carbocycles. The molecule has 1 aromatic carbocycles. The summed E-state index contributed by atoms with van der Waals surface area (Å²) in [6, 6.07) is 4.93. The molecule has 162 valence electrons. The Balaban J connectivity index is 2.33. The molecule has 1 unspecified atom stereocenters. The molecule has 1 aromatic rings. The second kappa shape index (κ2) is 9.56. The zero-order chi connectivity index (χ0) is 22.5. The third-order valence-electron chi connectivity index (χ3n) is 4.41. The van der Waals surface area contributed by atoms with Crippen LogP contribution in [0, 0.1) is 0 Å². The number of rotatable bonds is 6. The largest absolute Gasteiger partial charge is 0.478 e. The molecule has 1 heterocycles. The van der Waals surface area contributed by atoms with Crippen molar-refractivity contribution in [1.82, 2.24) is 4.90 Å². The van der Waals surface area contributed by atoms with E-state index in [4.69, 9.17) is 14.6 Å². The van der Waals surface area contributed by atoms with Crippen molar-refractivity contribution in [1.29, 1.82) is 0 Å². The molecular formula is C22H27NO7. The van der Waals surface area contributed by atoms with Crippen LogP contribution in [0.15, 0.2) is 29.8 Å². The van der Waals surface area contributed by atoms with Crippen molar-refractivity contribution in [3.63, 3.8) is 0 Å². The maximum absolute atomic E-state index is 13.2. The first-order chi connectivity index (χ1) is 14.0. The highest BCUT2D eigenvalue weighted by molar-refractivity contribution is 6.22. The van der Waals surface area contributed by atoms with Crippen LogP contribution in [-0.2, 0) is 19.1 Å². The average molecular weight is 417 g/mol. The van der Waals surface area contributed by atoms with Gasteiger partial charge in [-0.1, -0.05) is 12.1 Å². The summed E-state index contributed by atoms with van der Waals surface area (Å²) in [6.07, 6.45) is 1.77. The summed E-state index contributed by atoms with van der Waals surface area (Å²) < 4.78 is 10.4. The zero-order valence-corrected chi connectivity index (χ0v) is 17.6. The van der Waals surface area contributed by atoms with E-state index in [9.17, 15) is 19.2 Å². The Morgan fingerprint density at radius 2 is 1.80 bits per heavy atom. The van der Waals surface area contributed by atoms with Gasteiger partial charge in [-0.25, -0.2) is 14.4 Å². The summed E-state index contributed by atoms with van der Waals surface area (Å²) in [7, 11) is 0. The lowest BCUT2D eigenvalue weighted by Crippen LogP contribution is -2.44. The van der Waals surface area contributed by atoms with Crippen LogP contribution in [-0.4, -0.2) is 58.6 Å². The van der Waals surface area contributed by atoms with Crippen molar-refractivity contribution >= 4 is 29.9 Å². The van der Waals surface area contributed by atoms with Gasteiger partial charge >= 0.3 is 18.0 Å². The van der Waals surface area contributed by atoms with E-state index in [0.717, 1.165) is 0 Å². The second-order valence-corrected chi connectivity index (χ2v) is 7.90. The van der Waals surface area contributed by atoms with Crippen LogP contribution >= 0.6 is 0 Å². The fourth-order valence-corrected chi connectivity index (χ4v) is 3.09. The first-order valence-electron chi connectivity index (χ1n) is 9.79. The lowest BCUT2D eigenvalue weighted by atomic mass is 9.99. The highest BCUT2D eigenvalue weighted by atomic mass is 16.6. The van der Waals surface area contributed by atoms with E-state index < -0.39 is 35.5 Å². The molecule has 1 aliphatic heterocycles. The molecule has 1 N–H and O–H groups in total. The minimum atomic E-state index is -1.08. The van der Waals surface area contributed by atoms with Crippen LogP contribution in [0.2, 0.25) is 0 Å². The van der Waals surface area contributed by atoms with Gasteiger partial charge in [0.05, 0.1) is 18.2 Å². The molecule has 2 rings (SSSR count). The van der Waals surface area contributed by atoms with Crippen molar-refractivity contribution in [3.05, 3.63) is 41.0 Å². The molecular weight excluding hydrogens is 390 g/mol. The topological polar surface area (TPSA) is 110 Å². The number of likely N-dealkylation sites (tertiary alicyclic amines) is 1. The lowest BCUT2D eigenvalue weighted by molar-refractivity contribution is -0.140. The first kappa shape index (κ1) is 23.1. The van der Waals surface area contributed by atoms with Gasteiger partial charge in [-0.15, -0.1) is 0 Å². The molecule has 8 heteroatoms. The molecule has 0 bridgehead atoms. The number of carboxylic acid groups (broad SMARTS) is 1. The second-order valence-electron chi connectivity index (χ2n) is 7.90. The maximum Gasteiger partial charge on any atom is 0.410 e. The Morgan fingerprint density at radius 3 is 2.33 bits per heavy atom. The Morgan fingerprint density at radius 1 is 1.17 bits per heavy atom. The van der Waals surface area contributed by atoms with Crippen LogP contribution in [0.1, 0.15) is 56.5 Å². The molecule has 30 heavy (non-hydrogen) atoms. The van der Waals surface area contributed by atoms with E-state index in [1.165, 1.54) is 35.2 Å².